The van der Waals surface area contributed by atoms with Crippen LogP contribution in [0.3, 0.4) is 0 Å². The zero-order valence-electron chi connectivity index (χ0n) is 14.3. The van der Waals surface area contributed by atoms with Crippen molar-refractivity contribution in [2.75, 3.05) is 13.1 Å². The van der Waals surface area contributed by atoms with Crippen LogP contribution < -0.4 is 11.1 Å². The molecule has 0 aliphatic carbocycles. The summed E-state index contributed by atoms with van der Waals surface area (Å²) in [6.45, 7) is 7.20. The van der Waals surface area contributed by atoms with Crippen LogP contribution in [-0.2, 0) is 16.1 Å². The maximum atomic E-state index is 12.5. The SMILES string of the molecule is CC1CN(C(=O)c2ccc(CNC(=O)[C@H](C)N)cc2)CC(C)O1.Cl. The van der Waals surface area contributed by atoms with Gasteiger partial charge in [0.25, 0.3) is 5.91 Å². The smallest absolute Gasteiger partial charge is 0.254 e. The second-order valence-electron chi connectivity index (χ2n) is 6.17. The number of halogens is 1. The van der Waals surface area contributed by atoms with Crippen LogP contribution in [0.25, 0.3) is 0 Å². The molecule has 0 aromatic heterocycles. The van der Waals surface area contributed by atoms with E-state index in [-0.39, 0.29) is 36.4 Å². The summed E-state index contributed by atoms with van der Waals surface area (Å²) in [4.78, 5) is 25.8. The van der Waals surface area contributed by atoms with Gasteiger partial charge in [-0.15, -0.1) is 12.4 Å². The van der Waals surface area contributed by atoms with Crippen LogP contribution in [0.2, 0.25) is 0 Å². The number of rotatable bonds is 4. The number of amides is 2. The number of hydrogen-bond acceptors (Lipinski definition) is 4. The van der Waals surface area contributed by atoms with Gasteiger partial charge in [0.05, 0.1) is 18.2 Å². The van der Waals surface area contributed by atoms with E-state index in [2.05, 4.69) is 5.32 Å². The summed E-state index contributed by atoms with van der Waals surface area (Å²) in [6, 6.07) is 6.76. The molecule has 2 unspecified atom stereocenters. The van der Waals surface area contributed by atoms with Crippen LogP contribution in [-0.4, -0.2) is 48.1 Å². The maximum absolute atomic E-state index is 12.5. The van der Waals surface area contributed by atoms with Crippen LogP contribution in [0.5, 0.6) is 0 Å². The van der Waals surface area contributed by atoms with Crippen molar-refractivity contribution in [2.24, 2.45) is 5.73 Å². The molecule has 2 rings (SSSR count). The first-order valence-electron chi connectivity index (χ1n) is 7.93. The third-order valence-electron chi connectivity index (χ3n) is 3.79. The second-order valence-corrected chi connectivity index (χ2v) is 6.17. The molecule has 2 amide bonds. The first-order chi connectivity index (χ1) is 10.9. The van der Waals surface area contributed by atoms with E-state index < -0.39 is 6.04 Å². The molecule has 1 fully saturated rings. The van der Waals surface area contributed by atoms with Crippen molar-refractivity contribution in [2.45, 2.75) is 45.6 Å². The van der Waals surface area contributed by atoms with Gasteiger partial charge in [0.1, 0.15) is 0 Å². The van der Waals surface area contributed by atoms with E-state index in [1.165, 1.54) is 0 Å². The van der Waals surface area contributed by atoms with Crippen molar-refractivity contribution in [1.82, 2.24) is 10.2 Å². The number of nitrogens with zero attached hydrogens (tertiary/aromatic N) is 1. The summed E-state index contributed by atoms with van der Waals surface area (Å²) < 4.78 is 5.65. The van der Waals surface area contributed by atoms with Crippen LogP contribution >= 0.6 is 12.4 Å². The first kappa shape index (κ1) is 20.4. The van der Waals surface area contributed by atoms with E-state index in [0.717, 1.165) is 5.56 Å². The molecule has 3 atom stereocenters. The van der Waals surface area contributed by atoms with Crippen molar-refractivity contribution < 1.29 is 14.3 Å². The minimum Gasteiger partial charge on any atom is -0.372 e. The van der Waals surface area contributed by atoms with Gasteiger partial charge in [-0.3, -0.25) is 9.59 Å². The quantitative estimate of drug-likeness (QED) is 0.853. The average Bonchev–Trinajstić information content (AvgIpc) is 2.51. The largest absolute Gasteiger partial charge is 0.372 e. The summed E-state index contributed by atoms with van der Waals surface area (Å²) >= 11 is 0. The topological polar surface area (TPSA) is 84.7 Å². The van der Waals surface area contributed by atoms with Gasteiger partial charge < -0.3 is 20.7 Å². The van der Waals surface area contributed by atoms with Gasteiger partial charge in [-0.2, -0.15) is 0 Å². The van der Waals surface area contributed by atoms with Crippen molar-refractivity contribution in [3.05, 3.63) is 35.4 Å². The molecule has 6 nitrogen and oxygen atoms in total. The van der Waals surface area contributed by atoms with Crippen LogP contribution in [0.4, 0.5) is 0 Å². The standard InChI is InChI=1S/C17H25N3O3.ClH/c1-11-9-20(10-12(2)23-11)17(22)15-6-4-14(5-7-15)8-19-16(21)13(3)18;/h4-7,11-13H,8-10,18H2,1-3H3,(H,19,21);1H/t11?,12?,13-;/m0./s1. The molecule has 0 saturated carbocycles. The van der Waals surface area contributed by atoms with Gasteiger partial charge in [-0.25, -0.2) is 0 Å². The lowest BCUT2D eigenvalue weighted by Gasteiger charge is -2.35. The van der Waals surface area contributed by atoms with Crippen molar-refractivity contribution in [3.8, 4) is 0 Å². The molecule has 1 aromatic rings. The van der Waals surface area contributed by atoms with E-state index in [4.69, 9.17) is 10.5 Å². The number of hydrogen-bond donors (Lipinski definition) is 2. The number of nitrogens with two attached hydrogens (primary N) is 1. The molecule has 0 bridgehead atoms. The molecule has 134 valence electrons. The highest BCUT2D eigenvalue weighted by Gasteiger charge is 2.26. The summed E-state index contributed by atoms with van der Waals surface area (Å²) in [7, 11) is 0. The normalized spacial score (nSPS) is 21.6. The Hall–Kier alpha value is -1.63. The number of nitrogens with one attached hydrogen (secondary N) is 1. The molecule has 7 heteroatoms. The highest BCUT2D eigenvalue weighted by atomic mass is 35.5. The maximum Gasteiger partial charge on any atom is 0.254 e. The van der Waals surface area contributed by atoms with Crippen LogP contribution in [0.1, 0.15) is 36.7 Å². The monoisotopic (exact) mass is 355 g/mol. The minimum absolute atomic E-state index is 0. The molecule has 0 spiro atoms. The molecular formula is C17H26ClN3O3. The number of ether oxygens (including phenoxy) is 1. The van der Waals surface area contributed by atoms with E-state index in [0.29, 0.717) is 25.2 Å². The molecule has 0 radical (unpaired) electrons. The zero-order valence-corrected chi connectivity index (χ0v) is 15.1. The summed E-state index contributed by atoms with van der Waals surface area (Å²) in [6.07, 6.45) is 0.103. The Bertz CT molecular complexity index is 553. The predicted octanol–water partition coefficient (Wildman–Crippen LogP) is 1.32. The lowest BCUT2D eigenvalue weighted by molar-refractivity contribution is -0.122. The number of carbonyl (C=O) groups excluding carboxylic acids is 2. The summed E-state index contributed by atoms with van der Waals surface area (Å²) in [5.41, 5.74) is 7.07. The fourth-order valence-corrected chi connectivity index (χ4v) is 2.64. The summed E-state index contributed by atoms with van der Waals surface area (Å²) in [5.74, 6) is -0.181. The third kappa shape index (κ3) is 5.47. The molecule has 1 heterocycles. The molecular weight excluding hydrogens is 330 g/mol. The van der Waals surface area contributed by atoms with Crippen molar-refractivity contribution in [3.63, 3.8) is 0 Å². The average molecular weight is 356 g/mol. The molecule has 24 heavy (non-hydrogen) atoms. The van der Waals surface area contributed by atoms with Crippen LogP contribution in [0.15, 0.2) is 24.3 Å². The van der Waals surface area contributed by atoms with Gasteiger partial charge in [0.2, 0.25) is 5.91 Å². The highest BCUT2D eigenvalue weighted by molar-refractivity contribution is 5.94. The fourth-order valence-electron chi connectivity index (χ4n) is 2.64. The van der Waals surface area contributed by atoms with Gasteiger partial charge in [0.15, 0.2) is 0 Å². The molecule has 1 saturated heterocycles. The zero-order chi connectivity index (χ0) is 17.0. The van der Waals surface area contributed by atoms with E-state index >= 15 is 0 Å². The van der Waals surface area contributed by atoms with Crippen molar-refractivity contribution in [1.29, 1.82) is 0 Å². The van der Waals surface area contributed by atoms with Gasteiger partial charge in [0, 0.05) is 25.2 Å². The lowest BCUT2D eigenvalue weighted by Crippen LogP contribution is -2.48. The minimum atomic E-state index is -0.527. The van der Waals surface area contributed by atoms with Gasteiger partial charge >= 0.3 is 0 Å². The highest BCUT2D eigenvalue weighted by Crippen LogP contribution is 2.15. The number of morpholine rings is 1. The van der Waals surface area contributed by atoms with Gasteiger partial charge in [-0.1, -0.05) is 12.1 Å². The Morgan fingerprint density at radius 3 is 2.29 bits per heavy atom. The van der Waals surface area contributed by atoms with Crippen molar-refractivity contribution >= 4 is 24.2 Å². The Kier molecular flexibility index (Phi) is 7.66. The Morgan fingerprint density at radius 2 is 1.79 bits per heavy atom. The van der Waals surface area contributed by atoms with E-state index in [9.17, 15) is 9.59 Å². The fraction of sp³-hybridized carbons (Fsp3) is 0.529. The third-order valence-corrected chi connectivity index (χ3v) is 3.79. The van der Waals surface area contributed by atoms with Crippen LogP contribution in [0, 0.1) is 0 Å². The predicted molar refractivity (Wildman–Crippen MR) is 95.1 cm³/mol. The Labute approximate surface area is 149 Å². The lowest BCUT2D eigenvalue weighted by atomic mass is 10.1. The second kappa shape index (κ2) is 9.01. The number of benzene rings is 1. The molecule has 1 aliphatic heterocycles. The summed E-state index contributed by atoms with van der Waals surface area (Å²) in [5, 5.41) is 2.75. The Balaban J connectivity index is 0.00000288. The molecule has 1 aliphatic rings. The Morgan fingerprint density at radius 1 is 1.25 bits per heavy atom. The van der Waals surface area contributed by atoms with Gasteiger partial charge in [-0.05, 0) is 38.5 Å². The first-order valence-corrected chi connectivity index (χ1v) is 7.93. The number of carbonyl (C=O) groups is 2. The molecule has 1 aromatic carbocycles. The molecule has 3 N–H and O–H groups in total. The van der Waals surface area contributed by atoms with E-state index in [1.54, 1.807) is 19.1 Å². The van der Waals surface area contributed by atoms with E-state index in [1.807, 2.05) is 30.9 Å².